The van der Waals surface area contributed by atoms with Gasteiger partial charge in [0.25, 0.3) is 0 Å². The van der Waals surface area contributed by atoms with Crippen molar-refractivity contribution >= 4 is 5.71 Å². The van der Waals surface area contributed by atoms with Crippen LogP contribution in [0.5, 0.6) is 23.0 Å². The maximum absolute atomic E-state index is 10.4. The predicted molar refractivity (Wildman–Crippen MR) is 113 cm³/mol. The van der Waals surface area contributed by atoms with Crippen LogP contribution in [0.3, 0.4) is 0 Å². The molecule has 30 heavy (non-hydrogen) atoms. The van der Waals surface area contributed by atoms with Crippen LogP contribution in [0.15, 0.2) is 65.8 Å². The summed E-state index contributed by atoms with van der Waals surface area (Å²) in [4.78, 5) is 0. The van der Waals surface area contributed by atoms with Crippen LogP contribution in [0.1, 0.15) is 40.9 Å². The number of hydrogen-bond acceptors (Lipinski definition) is 6. The molecule has 0 bridgehead atoms. The molecule has 2 aliphatic rings. The van der Waals surface area contributed by atoms with Gasteiger partial charge in [0, 0.05) is 23.1 Å². The highest BCUT2D eigenvalue weighted by molar-refractivity contribution is 6.04. The van der Waals surface area contributed by atoms with Gasteiger partial charge in [0.05, 0.1) is 18.9 Å². The number of hydrazone groups is 1. The highest BCUT2D eigenvalue weighted by atomic mass is 16.5. The van der Waals surface area contributed by atoms with E-state index >= 15 is 0 Å². The van der Waals surface area contributed by atoms with E-state index in [0.717, 1.165) is 28.0 Å². The van der Waals surface area contributed by atoms with E-state index in [0.29, 0.717) is 17.9 Å². The maximum atomic E-state index is 10.4. The van der Waals surface area contributed by atoms with Gasteiger partial charge in [-0.3, -0.25) is 0 Å². The van der Waals surface area contributed by atoms with Crippen LogP contribution in [0.25, 0.3) is 0 Å². The Hall–Kier alpha value is -3.67. The molecule has 0 saturated carbocycles. The van der Waals surface area contributed by atoms with Gasteiger partial charge in [0.15, 0.2) is 11.5 Å². The number of fused-ring (bicyclic) bond motifs is 3. The molecule has 0 amide bonds. The molecule has 0 saturated heterocycles. The summed E-state index contributed by atoms with van der Waals surface area (Å²) in [5.41, 5.74) is 4.47. The first-order valence-corrected chi connectivity index (χ1v) is 9.83. The van der Waals surface area contributed by atoms with Crippen molar-refractivity contribution in [1.29, 1.82) is 0 Å². The second-order valence-electron chi connectivity index (χ2n) is 7.61. The molecular weight excluding hydrogens is 380 g/mol. The smallest absolute Gasteiger partial charge is 0.214 e. The third kappa shape index (κ3) is 2.92. The number of nitrogens with zero attached hydrogens (tertiary/aromatic N) is 2. The van der Waals surface area contributed by atoms with Crippen molar-refractivity contribution < 1.29 is 19.7 Å². The lowest BCUT2D eigenvalue weighted by Crippen LogP contribution is -2.33. The molecule has 0 spiro atoms. The monoisotopic (exact) mass is 402 g/mol. The number of para-hydroxylation sites is 1. The van der Waals surface area contributed by atoms with Crippen LogP contribution in [0.4, 0.5) is 0 Å². The van der Waals surface area contributed by atoms with Gasteiger partial charge in [-0.2, -0.15) is 5.10 Å². The number of hydrogen-bond donors (Lipinski definition) is 2. The zero-order chi connectivity index (χ0) is 20.8. The fraction of sp³-hybridized carbons (Fsp3) is 0.208. The van der Waals surface area contributed by atoms with E-state index in [4.69, 9.17) is 14.6 Å². The molecule has 3 aromatic rings. The molecule has 0 aliphatic carbocycles. The van der Waals surface area contributed by atoms with Crippen molar-refractivity contribution in [2.75, 3.05) is 7.11 Å². The summed E-state index contributed by atoms with van der Waals surface area (Å²) in [6.07, 6.45) is 0.152. The number of ether oxygens (including phenoxy) is 2. The molecule has 6 heteroatoms. The Bertz CT molecular complexity index is 1140. The van der Waals surface area contributed by atoms with E-state index in [9.17, 15) is 10.2 Å². The first-order valence-electron chi connectivity index (χ1n) is 9.83. The first-order chi connectivity index (χ1) is 14.5. The molecule has 152 valence electrons. The standard InChI is InChI=1S/C24H22N2O4/c1-14-6-11-21(28)18(12-14)19-13-20-17-4-3-5-22(29-2)23(17)30-24(26(20)25-19)15-7-9-16(27)10-8-15/h3-12,20,24,27-28H,13H2,1-2H3/t20-,24-/m1/s1. The lowest BCUT2D eigenvalue weighted by Gasteiger charge is -2.38. The van der Waals surface area contributed by atoms with E-state index in [2.05, 4.69) is 0 Å². The molecule has 0 aromatic heterocycles. The minimum absolute atomic E-state index is 0.0578. The van der Waals surface area contributed by atoms with Gasteiger partial charge < -0.3 is 19.7 Å². The summed E-state index contributed by atoms with van der Waals surface area (Å²) < 4.78 is 11.9. The van der Waals surface area contributed by atoms with Crippen molar-refractivity contribution in [1.82, 2.24) is 5.01 Å². The summed E-state index contributed by atoms with van der Waals surface area (Å²) in [6, 6.07) is 18.3. The molecule has 2 atom stereocenters. The van der Waals surface area contributed by atoms with Crippen LogP contribution in [0.2, 0.25) is 0 Å². The Morgan fingerprint density at radius 1 is 1.07 bits per heavy atom. The number of aromatic hydroxyl groups is 2. The van der Waals surface area contributed by atoms with Crippen LogP contribution in [-0.2, 0) is 0 Å². The van der Waals surface area contributed by atoms with E-state index in [1.54, 1.807) is 25.3 Å². The second kappa shape index (κ2) is 6.99. The average molecular weight is 402 g/mol. The van der Waals surface area contributed by atoms with E-state index < -0.39 is 6.23 Å². The van der Waals surface area contributed by atoms with Crippen molar-refractivity contribution in [3.63, 3.8) is 0 Å². The summed E-state index contributed by atoms with van der Waals surface area (Å²) in [6.45, 7) is 1.99. The molecule has 0 fully saturated rings. The minimum atomic E-state index is -0.483. The summed E-state index contributed by atoms with van der Waals surface area (Å²) in [5, 5.41) is 27.0. The molecule has 2 aliphatic heterocycles. The topological polar surface area (TPSA) is 74.5 Å². The zero-order valence-corrected chi connectivity index (χ0v) is 16.7. The number of methoxy groups -OCH3 is 1. The lowest BCUT2D eigenvalue weighted by atomic mass is 9.94. The Morgan fingerprint density at radius 2 is 1.87 bits per heavy atom. The van der Waals surface area contributed by atoms with Crippen LogP contribution >= 0.6 is 0 Å². The fourth-order valence-corrected chi connectivity index (χ4v) is 4.15. The van der Waals surface area contributed by atoms with Crippen LogP contribution in [-0.4, -0.2) is 28.0 Å². The number of rotatable bonds is 3. The van der Waals surface area contributed by atoms with Gasteiger partial charge in [-0.05, 0) is 49.4 Å². The third-order valence-corrected chi connectivity index (χ3v) is 5.64. The first kappa shape index (κ1) is 18.4. The van der Waals surface area contributed by atoms with E-state index in [-0.39, 0.29) is 17.5 Å². The summed E-state index contributed by atoms with van der Waals surface area (Å²) >= 11 is 0. The van der Waals surface area contributed by atoms with Gasteiger partial charge in [-0.1, -0.05) is 23.8 Å². The van der Waals surface area contributed by atoms with Gasteiger partial charge >= 0.3 is 0 Å². The zero-order valence-electron chi connectivity index (χ0n) is 16.7. The Balaban J connectivity index is 1.64. The van der Waals surface area contributed by atoms with Crippen molar-refractivity contribution in [2.45, 2.75) is 25.6 Å². The lowest BCUT2D eigenvalue weighted by molar-refractivity contribution is -0.0209. The van der Waals surface area contributed by atoms with Gasteiger partial charge in [-0.15, -0.1) is 0 Å². The van der Waals surface area contributed by atoms with E-state index in [1.807, 2.05) is 54.4 Å². The van der Waals surface area contributed by atoms with E-state index in [1.165, 1.54) is 0 Å². The molecule has 2 N–H and O–H groups in total. The van der Waals surface area contributed by atoms with Crippen LogP contribution < -0.4 is 9.47 Å². The average Bonchev–Trinajstić information content (AvgIpc) is 3.20. The van der Waals surface area contributed by atoms with Gasteiger partial charge in [0.1, 0.15) is 11.5 Å². The summed E-state index contributed by atoms with van der Waals surface area (Å²) in [5.74, 6) is 1.78. The fourth-order valence-electron chi connectivity index (χ4n) is 4.15. The van der Waals surface area contributed by atoms with Crippen molar-refractivity contribution in [3.8, 4) is 23.0 Å². The Kier molecular flexibility index (Phi) is 4.28. The number of phenolic OH excluding ortho intramolecular Hbond substituents is 2. The van der Waals surface area contributed by atoms with Crippen molar-refractivity contribution in [2.24, 2.45) is 5.10 Å². The molecule has 0 unspecified atom stereocenters. The second-order valence-corrected chi connectivity index (χ2v) is 7.61. The van der Waals surface area contributed by atoms with Crippen molar-refractivity contribution in [3.05, 3.63) is 82.9 Å². The molecular formula is C24H22N2O4. The predicted octanol–water partition coefficient (Wildman–Crippen LogP) is 4.66. The minimum Gasteiger partial charge on any atom is -0.508 e. The van der Waals surface area contributed by atoms with Gasteiger partial charge in [-0.25, -0.2) is 5.01 Å². The summed E-state index contributed by atoms with van der Waals surface area (Å²) in [7, 11) is 1.63. The Morgan fingerprint density at radius 3 is 2.63 bits per heavy atom. The molecule has 3 aromatic carbocycles. The number of aryl methyl sites for hydroxylation is 1. The SMILES string of the molecule is COc1cccc2c1O[C@H](c1ccc(O)cc1)N1N=C(c3cc(C)ccc3O)C[C@H]21. The largest absolute Gasteiger partial charge is 0.508 e. The normalized spacial score (nSPS) is 19.5. The van der Waals surface area contributed by atoms with Crippen LogP contribution in [0, 0.1) is 6.92 Å². The number of phenols is 2. The number of benzene rings is 3. The highest BCUT2D eigenvalue weighted by Crippen LogP contribution is 2.51. The quantitative estimate of drug-likeness (QED) is 0.667. The molecule has 6 nitrogen and oxygen atoms in total. The molecule has 0 radical (unpaired) electrons. The third-order valence-electron chi connectivity index (χ3n) is 5.64. The molecule has 5 rings (SSSR count). The van der Waals surface area contributed by atoms with Gasteiger partial charge in [0.2, 0.25) is 6.23 Å². The highest BCUT2D eigenvalue weighted by Gasteiger charge is 2.42. The maximum Gasteiger partial charge on any atom is 0.214 e. The Labute approximate surface area is 174 Å². The molecule has 2 heterocycles.